The molecule has 0 aromatic heterocycles. The number of hydrogen-bond donors (Lipinski definition) is 1. The van der Waals surface area contributed by atoms with Gasteiger partial charge in [0, 0.05) is 5.56 Å². The van der Waals surface area contributed by atoms with E-state index >= 15 is 0 Å². The van der Waals surface area contributed by atoms with Crippen molar-refractivity contribution in [3.05, 3.63) is 29.8 Å². The first kappa shape index (κ1) is 12.5. The van der Waals surface area contributed by atoms with Crippen LogP contribution < -0.4 is 5.32 Å². The molecule has 0 amide bonds. The molecule has 0 aliphatic heterocycles. The number of benzene rings is 1. The van der Waals surface area contributed by atoms with Crippen LogP contribution in [0.1, 0.15) is 12.0 Å². The molecule has 0 fully saturated rings. The van der Waals surface area contributed by atoms with Crippen LogP contribution in [0.3, 0.4) is 0 Å². The molecule has 0 aliphatic carbocycles. The maximum atomic E-state index is 12.3. The quantitative estimate of drug-likeness (QED) is 0.374. The first-order chi connectivity index (χ1) is 7.67. The van der Waals surface area contributed by atoms with Gasteiger partial charge in [0.05, 0.1) is 5.69 Å². The van der Waals surface area contributed by atoms with E-state index in [4.69, 9.17) is 5.26 Å². The van der Waals surface area contributed by atoms with Crippen LogP contribution in [0.15, 0.2) is 29.3 Å². The lowest BCUT2D eigenvalue weighted by Gasteiger charge is -2.01. The molecule has 0 saturated carbocycles. The van der Waals surface area contributed by atoms with Gasteiger partial charge in [-0.25, -0.2) is 13.8 Å². The predicted octanol–water partition coefficient (Wildman–Crippen LogP) is 3.05. The molecule has 0 aliphatic rings. The zero-order chi connectivity index (χ0) is 12.0. The van der Waals surface area contributed by atoms with Gasteiger partial charge in [-0.3, -0.25) is 5.32 Å². The van der Waals surface area contributed by atoms with Crippen LogP contribution >= 0.6 is 11.8 Å². The van der Waals surface area contributed by atoms with Crippen LogP contribution in [0, 0.1) is 11.5 Å². The van der Waals surface area contributed by atoms with Gasteiger partial charge in [-0.15, -0.1) is 0 Å². The van der Waals surface area contributed by atoms with E-state index in [1.807, 2.05) is 0 Å². The van der Waals surface area contributed by atoms with Crippen molar-refractivity contribution in [2.75, 3.05) is 6.26 Å². The monoisotopic (exact) mass is 241 g/mol. The van der Waals surface area contributed by atoms with Crippen LogP contribution in [0.5, 0.6) is 0 Å². The molecular weight excluding hydrogens is 232 g/mol. The van der Waals surface area contributed by atoms with Gasteiger partial charge in [0.2, 0.25) is 0 Å². The lowest BCUT2D eigenvalue weighted by Crippen LogP contribution is -2.12. The van der Waals surface area contributed by atoms with Gasteiger partial charge >= 0.3 is 0 Å². The Morgan fingerprint density at radius 2 is 2.06 bits per heavy atom. The fourth-order valence-corrected chi connectivity index (χ4v) is 1.33. The van der Waals surface area contributed by atoms with E-state index in [0.717, 1.165) is 0 Å². The maximum Gasteiger partial charge on any atom is 0.263 e. The molecule has 3 nitrogen and oxygen atoms in total. The third-order valence-electron chi connectivity index (χ3n) is 1.73. The molecule has 0 heterocycles. The lowest BCUT2D eigenvalue weighted by atomic mass is 10.2. The number of thioether (sulfide) groups is 1. The number of nitrogens with zero attached hydrogens (tertiary/aromatic N) is 2. The predicted molar refractivity (Wildman–Crippen MR) is 60.8 cm³/mol. The first-order valence-electron chi connectivity index (χ1n) is 4.33. The second-order valence-electron chi connectivity index (χ2n) is 2.75. The number of nitriles is 1. The van der Waals surface area contributed by atoms with E-state index in [1.165, 1.54) is 36.0 Å². The summed E-state index contributed by atoms with van der Waals surface area (Å²) < 4.78 is 24.5. The Balaban J connectivity index is 2.86. The van der Waals surface area contributed by atoms with E-state index < -0.39 is 6.43 Å². The van der Waals surface area contributed by atoms with Gasteiger partial charge in [-0.05, 0) is 18.4 Å². The molecule has 0 radical (unpaired) electrons. The van der Waals surface area contributed by atoms with E-state index in [1.54, 1.807) is 12.4 Å². The summed E-state index contributed by atoms with van der Waals surface area (Å²) in [6.07, 6.45) is 1.03. The molecular formula is C10H9F2N3S. The van der Waals surface area contributed by atoms with Crippen molar-refractivity contribution in [1.82, 2.24) is 5.32 Å². The zero-order valence-electron chi connectivity index (χ0n) is 8.45. The van der Waals surface area contributed by atoms with Crippen LogP contribution in [-0.4, -0.2) is 11.4 Å². The third-order valence-corrected chi connectivity index (χ3v) is 2.31. The summed E-state index contributed by atoms with van der Waals surface area (Å²) in [6, 6.07) is 5.59. The molecule has 1 aromatic carbocycles. The molecule has 1 N–H and O–H groups in total. The van der Waals surface area contributed by atoms with E-state index in [-0.39, 0.29) is 5.56 Å². The average molecular weight is 241 g/mol. The summed E-state index contributed by atoms with van der Waals surface area (Å²) in [6.45, 7) is 0. The van der Waals surface area contributed by atoms with Gasteiger partial charge in [-0.2, -0.15) is 5.26 Å². The Morgan fingerprint density at radius 1 is 1.44 bits per heavy atom. The third kappa shape index (κ3) is 3.51. The lowest BCUT2D eigenvalue weighted by molar-refractivity contribution is 0.151. The average Bonchev–Trinajstić information content (AvgIpc) is 2.29. The van der Waals surface area contributed by atoms with Crippen molar-refractivity contribution in [3.63, 3.8) is 0 Å². The highest BCUT2D eigenvalue weighted by Crippen LogP contribution is 2.22. The Hall–Kier alpha value is -1.61. The van der Waals surface area contributed by atoms with Crippen molar-refractivity contribution >= 4 is 22.6 Å². The molecule has 6 heteroatoms. The minimum absolute atomic E-state index is 0.0436. The van der Waals surface area contributed by atoms with Crippen molar-refractivity contribution in [2.45, 2.75) is 6.43 Å². The summed E-state index contributed by atoms with van der Waals surface area (Å²) in [5.74, 6) is 0. The summed E-state index contributed by atoms with van der Waals surface area (Å²) in [5, 5.41) is 11.2. The molecule has 1 rings (SSSR count). The minimum Gasteiger partial charge on any atom is -0.271 e. The molecule has 0 spiro atoms. The Labute approximate surface area is 96.2 Å². The highest BCUT2D eigenvalue weighted by Gasteiger charge is 2.05. The van der Waals surface area contributed by atoms with Gasteiger partial charge in [0.1, 0.15) is 0 Å². The van der Waals surface area contributed by atoms with Crippen molar-refractivity contribution in [3.8, 4) is 6.19 Å². The second-order valence-corrected chi connectivity index (χ2v) is 3.55. The highest BCUT2D eigenvalue weighted by atomic mass is 32.2. The topological polar surface area (TPSA) is 48.2 Å². The minimum atomic E-state index is -2.48. The molecule has 0 unspecified atom stereocenters. The standard InChI is InChI=1S/C10H9F2N3S/c1-16-10(14-6-13)15-8-4-2-7(3-5-8)9(11)12/h2-5,9H,1H3,(H,14,15). The van der Waals surface area contributed by atoms with E-state index in [2.05, 4.69) is 10.3 Å². The second kappa shape index (κ2) is 6.08. The van der Waals surface area contributed by atoms with Crippen LogP contribution in [0.4, 0.5) is 14.5 Å². The van der Waals surface area contributed by atoms with Crippen molar-refractivity contribution < 1.29 is 8.78 Å². The van der Waals surface area contributed by atoms with E-state index in [0.29, 0.717) is 10.9 Å². The normalized spacial score (nSPS) is 11.3. The van der Waals surface area contributed by atoms with Crippen LogP contribution in [0.25, 0.3) is 0 Å². The number of halogens is 2. The highest BCUT2D eigenvalue weighted by molar-refractivity contribution is 8.13. The van der Waals surface area contributed by atoms with Crippen molar-refractivity contribution in [1.29, 1.82) is 5.26 Å². The van der Waals surface area contributed by atoms with Gasteiger partial charge in [0.25, 0.3) is 6.43 Å². The number of nitrogens with one attached hydrogen (secondary N) is 1. The number of hydrogen-bond acceptors (Lipinski definition) is 3. The Bertz CT molecular complexity index is 409. The van der Waals surface area contributed by atoms with Crippen LogP contribution in [-0.2, 0) is 0 Å². The number of rotatable bonds is 2. The van der Waals surface area contributed by atoms with Gasteiger partial charge in [-0.1, -0.05) is 23.9 Å². The summed E-state index contributed by atoms with van der Waals surface area (Å²) in [5.41, 5.74) is 0.481. The number of aliphatic imine (C=N–C) groups is 1. The zero-order valence-corrected chi connectivity index (χ0v) is 9.26. The Morgan fingerprint density at radius 3 is 2.50 bits per heavy atom. The fourth-order valence-electron chi connectivity index (χ4n) is 0.984. The van der Waals surface area contributed by atoms with Gasteiger partial charge in [0.15, 0.2) is 11.4 Å². The number of amidine groups is 1. The van der Waals surface area contributed by atoms with Crippen LogP contribution in [0.2, 0.25) is 0 Å². The van der Waals surface area contributed by atoms with Gasteiger partial charge < -0.3 is 0 Å². The molecule has 84 valence electrons. The summed E-state index contributed by atoms with van der Waals surface area (Å²) in [7, 11) is 0. The van der Waals surface area contributed by atoms with Crippen molar-refractivity contribution in [2.24, 2.45) is 4.99 Å². The Kier molecular flexibility index (Phi) is 4.73. The summed E-state index contributed by atoms with van der Waals surface area (Å²) in [4.78, 5) is 4.07. The largest absolute Gasteiger partial charge is 0.271 e. The molecule has 0 saturated heterocycles. The first-order valence-corrected chi connectivity index (χ1v) is 5.55. The fraction of sp³-hybridized carbons (Fsp3) is 0.200. The summed E-state index contributed by atoms with van der Waals surface area (Å²) >= 11 is 1.27. The molecule has 1 aromatic rings. The van der Waals surface area contributed by atoms with E-state index in [9.17, 15) is 8.78 Å². The smallest absolute Gasteiger partial charge is 0.263 e. The SMILES string of the molecule is CSC(=Nc1ccc(C(F)F)cc1)NC#N. The molecule has 16 heavy (non-hydrogen) atoms. The number of alkyl halides is 2. The maximum absolute atomic E-state index is 12.3. The molecule has 0 atom stereocenters. The molecule has 0 bridgehead atoms.